The summed E-state index contributed by atoms with van der Waals surface area (Å²) in [6, 6.07) is 16.4. The van der Waals surface area contributed by atoms with Gasteiger partial charge in [0.1, 0.15) is 18.2 Å². The number of nitrogens with zero attached hydrogens (tertiary/aromatic N) is 3. The van der Waals surface area contributed by atoms with Crippen LogP contribution in [0.5, 0.6) is 5.75 Å². The minimum absolute atomic E-state index is 0.246. The maximum atomic E-state index is 13.8. The van der Waals surface area contributed by atoms with Crippen LogP contribution in [0.3, 0.4) is 0 Å². The molecule has 0 atom stereocenters. The van der Waals surface area contributed by atoms with Crippen molar-refractivity contribution in [3.8, 4) is 17.0 Å². The van der Waals surface area contributed by atoms with Crippen LogP contribution >= 0.6 is 11.9 Å². The number of benzene rings is 2. The third kappa shape index (κ3) is 4.96. The molecule has 2 aromatic heterocycles. The molecule has 0 amide bonds. The minimum Gasteiger partial charge on any atom is -0.491 e. The fraction of sp³-hybridized carbons (Fsp3) is 0.182. The summed E-state index contributed by atoms with van der Waals surface area (Å²) in [5.74, 6) is 0.479. The Balaban J connectivity index is 1.56. The highest BCUT2D eigenvalue weighted by Gasteiger charge is 2.10. The lowest BCUT2D eigenvalue weighted by Crippen LogP contribution is -2.07. The van der Waals surface area contributed by atoms with E-state index in [0.717, 1.165) is 28.2 Å². The van der Waals surface area contributed by atoms with Gasteiger partial charge in [-0.05, 0) is 60.0 Å². The molecule has 2 heterocycles. The summed E-state index contributed by atoms with van der Waals surface area (Å²) in [7, 11) is 1.64. The molecule has 0 saturated heterocycles. The monoisotopic (exact) mass is 424 g/mol. The highest BCUT2D eigenvalue weighted by molar-refractivity contribution is 7.97. The smallest absolute Gasteiger partial charge is 0.154 e. The molecule has 0 radical (unpaired) electrons. The second-order valence-electron chi connectivity index (χ2n) is 6.51. The molecule has 0 bridgehead atoms. The van der Waals surface area contributed by atoms with E-state index in [1.807, 2.05) is 42.6 Å². The van der Waals surface area contributed by atoms with Crippen LogP contribution in [0.15, 0.2) is 71.9 Å². The van der Waals surface area contributed by atoms with Gasteiger partial charge in [0.15, 0.2) is 5.65 Å². The first-order valence-corrected chi connectivity index (χ1v) is 10.3. The molecular weight excluding hydrogens is 403 g/mol. The van der Waals surface area contributed by atoms with Crippen LogP contribution in [0.1, 0.15) is 5.56 Å². The lowest BCUT2D eigenvalue weighted by molar-refractivity contribution is 0.146. The Morgan fingerprint density at radius 2 is 2.00 bits per heavy atom. The molecule has 0 aliphatic heterocycles. The summed E-state index contributed by atoms with van der Waals surface area (Å²) in [6.45, 7) is 1.47. The van der Waals surface area contributed by atoms with Crippen molar-refractivity contribution in [1.82, 2.24) is 19.3 Å². The van der Waals surface area contributed by atoms with E-state index in [1.54, 1.807) is 30.0 Å². The highest BCUT2D eigenvalue weighted by atomic mass is 32.2. The first-order valence-electron chi connectivity index (χ1n) is 9.43. The molecule has 1 N–H and O–H groups in total. The third-order valence-corrected chi connectivity index (χ3v) is 5.19. The van der Waals surface area contributed by atoms with Crippen molar-refractivity contribution in [2.24, 2.45) is 0 Å². The van der Waals surface area contributed by atoms with Crippen molar-refractivity contribution in [2.75, 3.05) is 20.3 Å². The van der Waals surface area contributed by atoms with Crippen molar-refractivity contribution in [2.45, 2.75) is 11.4 Å². The lowest BCUT2D eigenvalue weighted by Gasteiger charge is -2.11. The van der Waals surface area contributed by atoms with Crippen molar-refractivity contribution < 1.29 is 13.9 Å². The molecule has 30 heavy (non-hydrogen) atoms. The Kier molecular flexibility index (Phi) is 6.58. The van der Waals surface area contributed by atoms with Crippen LogP contribution in [0.25, 0.3) is 16.9 Å². The predicted molar refractivity (Wildman–Crippen MR) is 115 cm³/mol. The molecule has 0 aliphatic carbocycles. The van der Waals surface area contributed by atoms with Crippen molar-refractivity contribution >= 4 is 17.6 Å². The Labute approximate surface area is 178 Å². The van der Waals surface area contributed by atoms with E-state index in [4.69, 9.17) is 9.47 Å². The van der Waals surface area contributed by atoms with Gasteiger partial charge in [0.05, 0.1) is 23.4 Å². The van der Waals surface area contributed by atoms with Crippen LogP contribution in [0, 0.1) is 5.82 Å². The molecule has 0 saturated carbocycles. The van der Waals surface area contributed by atoms with Gasteiger partial charge in [0, 0.05) is 25.4 Å². The van der Waals surface area contributed by atoms with E-state index in [9.17, 15) is 4.39 Å². The van der Waals surface area contributed by atoms with Gasteiger partial charge in [-0.25, -0.2) is 13.9 Å². The molecule has 0 aliphatic rings. The van der Waals surface area contributed by atoms with E-state index in [-0.39, 0.29) is 5.82 Å². The van der Waals surface area contributed by atoms with Crippen molar-refractivity contribution in [3.63, 3.8) is 0 Å². The molecule has 8 heteroatoms. The number of aromatic nitrogens is 3. The molecule has 4 aromatic rings. The number of ether oxygens (including phenoxy) is 2. The average molecular weight is 425 g/mol. The number of rotatable bonds is 9. The van der Waals surface area contributed by atoms with Crippen LogP contribution in [0.4, 0.5) is 4.39 Å². The molecular formula is C22H21FN4O2S. The first kappa shape index (κ1) is 20.3. The van der Waals surface area contributed by atoms with Crippen LogP contribution in [-0.4, -0.2) is 34.9 Å². The van der Waals surface area contributed by atoms with E-state index in [1.165, 1.54) is 18.0 Å². The van der Waals surface area contributed by atoms with Gasteiger partial charge in [-0.1, -0.05) is 12.1 Å². The Morgan fingerprint density at radius 1 is 1.10 bits per heavy atom. The van der Waals surface area contributed by atoms with Crippen LogP contribution < -0.4 is 9.46 Å². The van der Waals surface area contributed by atoms with E-state index in [2.05, 4.69) is 14.8 Å². The fourth-order valence-electron chi connectivity index (χ4n) is 2.93. The zero-order valence-corrected chi connectivity index (χ0v) is 17.2. The zero-order chi connectivity index (χ0) is 20.8. The average Bonchev–Trinajstić information content (AvgIpc) is 3.20. The molecule has 0 spiro atoms. The van der Waals surface area contributed by atoms with Gasteiger partial charge in [0.25, 0.3) is 0 Å². The zero-order valence-electron chi connectivity index (χ0n) is 16.4. The number of hydrogen-bond donors (Lipinski definition) is 1. The van der Waals surface area contributed by atoms with E-state index in [0.29, 0.717) is 24.7 Å². The highest BCUT2D eigenvalue weighted by Crippen LogP contribution is 2.27. The van der Waals surface area contributed by atoms with Gasteiger partial charge in [-0.2, -0.15) is 5.10 Å². The number of imidazole rings is 1. The largest absolute Gasteiger partial charge is 0.491 e. The number of methoxy groups -OCH3 is 1. The maximum absolute atomic E-state index is 13.8. The van der Waals surface area contributed by atoms with E-state index < -0.39 is 0 Å². The molecule has 2 aromatic carbocycles. The van der Waals surface area contributed by atoms with Crippen LogP contribution in [-0.2, 0) is 11.3 Å². The maximum Gasteiger partial charge on any atom is 0.154 e. The van der Waals surface area contributed by atoms with Gasteiger partial charge in [-0.3, -0.25) is 4.72 Å². The Bertz CT molecular complexity index is 1100. The summed E-state index contributed by atoms with van der Waals surface area (Å²) < 4.78 is 29.7. The number of hydrogen-bond acceptors (Lipinski definition) is 6. The number of halogens is 1. The van der Waals surface area contributed by atoms with Crippen LogP contribution in [0.2, 0.25) is 0 Å². The van der Waals surface area contributed by atoms with Gasteiger partial charge in [0.2, 0.25) is 0 Å². The van der Waals surface area contributed by atoms with Crippen molar-refractivity contribution in [3.05, 3.63) is 78.4 Å². The third-order valence-electron chi connectivity index (χ3n) is 4.35. The molecule has 4 rings (SSSR count). The number of nitrogens with one attached hydrogen (secondary N) is 1. The Morgan fingerprint density at radius 3 is 2.83 bits per heavy atom. The normalized spacial score (nSPS) is 11.1. The lowest BCUT2D eigenvalue weighted by atomic mass is 10.1. The van der Waals surface area contributed by atoms with Gasteiger partial charge in [-0.15, -0.1) is 0 Å². The first-order chi connectivity index (χ1) is 14.7. The summed E-state index contributed by atoms with van der Waals surface area (Å²) in [5.41, 5.74) is 3.48. The second kappa shape index (κ2) is 9.71. The second-order valence-corrected chi connectivity index (χ2v) is 7.45. The molecule has 154 valence electrons. The summed E-state index contributed by atoms with van der Waals surface area (Å²) >= 11 is 1.26. The Hall–Kier alpha value is -2.94. The predicted octanol–water partition coefficient (Wildman–Crippen LogP) is 4.36. The quantitative estimate of drug-likeness (QED) is 0.318. The molecule has 0 unspecified atom stereocenters. The van der Waals surface area contributed by atoms with E-state index >= 15 is 0 Å². The SMILES string of the molecule is COCCOc1cc(CNSc2ccccc2F)cc(-c2cn3ncccc3n2)c1. The topological polar surface area (TPSA) is 60.7 Å². The molecule has 0 fully saturated rings. The molecule has 6 nitrogen and oxygen atoms in total. The van der Waals surface area contributed by atoms with Gasteiger partial charge < -0.3 is 9.47 Å². The fourth-order valence-corrected chi connectivity index (χ4v) is 3.64. The summed E-state index contributed by atoms with van der Waals surface area (Å²) in [6.07, 6.45) is 3.60. The minimum atomic E-state index is -0.246. The number of fused-ring (bicyclic) bond motifs is 1. The van der Waals surface area contributed by atoms with Crippen molar-refractivity contribution in [1.29, 1.82) is 0 Å². The van der Waals surface area contributed by atoms with Gasteiger partial charge >= 0.3 is 0 Å². The summed E-state index contributed by atoms with van der Waals surface area (Å²) in [5, 5.41) is 4.28. The standard InChI is InChI=1S/C22H21FN4O2S/c1-28-9-10-29-18-12-16(14-25-30-21-6-3-2-5-19(21)23)11-17(13-18)20-15-27-22(26-20)7-4-8-24-27/h2-8,11-13,15,25H,9-10,14H2,1H3. The summed E-state index contributed by atoms with van der Waals surface area (Å²) in [4.78, 5) is 5.20.